The van der Waals surface area contributed by atoms with Gasteiger partial charge in [-0.2, -0.15) is 8.78 Å². The van der Waals surface area contributed by atoms with Crippen LogP contribution in [0.1, 0.15) is 26.2 Å². The predicted octanol–water partition coefficient (Wildman–Crippen LogP) is 3.33. The van der Waals surface area contributed by atoms with Gasteiger partial charge in [-0.1, -0.05) is 12.1 Å². The molecule has 1 aromatic rings. The second kappa shape index (κ2) is 5.56. The van der Waals surface area contributed by atoms with Crippen molar-refractivity contribution in [2.75, 3.05) is 11.9 Å². The van der Waals surface area contributed by atoms with E-state index < -0.39 is 6.61 Å². The Hall–Kier alpha value is -1.36. The predicted molar refractivity (Wildman–Crippen MR) is 74.3 cm³/mol. The molecule has 1 aliphatic carbocycles. The lowest BCUT2D eigenvalue weighted by molar-refractivity contribution is -0.0493. The van der Waals surface area contributed by atoms with Crippen molar-refractivity contribution in [2.45, 2.75) is 50.9 Å². The summed E-state index contributed by atoms with van der Waals surface area (Å²) in [6.45, 7) is 0.430. The second-order valence-electron chi connectivity index (χ2n) is 5.73. The summed E-state index contributed by atoms with van der Waals surface area (Å²) in [5.74, 6) is 0.222. The van der Waals surface area contributed by atoms with Crippen LogP contribution in [-0.2, 0) is 0 Å². The van der Waals surface area contributed by atoms with E-state index in [0.29, 0.717) is 17.8 Å². The number of nitrogens with zero attached hydrogens (tertiary/aromatic N) is 1. The van der Waals surface area contributed by atoms with Crippen LogP contribution < -0.4 is 10.1 Å². The number of halogens is 2. The first-order valence-electron chi connectivity index (χ1n) is 7.19. The summed E-state index contributed by atoms with van der Waals surface area (Å²) in [4.78, 5) is 2.52. The van der Waals surface area contributed by atoms with E-state index in [9.17, 15) is 8.78 Å². The fraction of sp³-hybridized carbons (Fsp3) is 0.600. The summed E-state index contributed by atoms with van der Waals surface area (Å²) in [7, 11) is 0. The highest BCUT2D eigenvalue weighted by Crippen LogP contribution is 2.35. The SMILES string of the molecule is CC1CC(Nc2ccccc2OC(F)F)CN1C1CC1. The lowest BCUT2D eigenvalue weighted by Crippen LogP contribution is -2.31. The number of nitrogens with one attached hydrogen (secondary N) is 1. The van der Waals surface area contributed by atoms with Crippen LogP contribution in [0.15, 0.2) is 24.3 Å². The molecular weight excluding hydrogens is 262 g/mol. The van der Waals surface area contributed by atoms with E-state index in [2.05, 4.69) is 21.9 Å². The number of likely N-dealkylation sites (tertiary alicyclic amines) is 1. The molecule has 0 bridgehead atoms. The van der Waals surface area contributed by atoms with Gasteiger partial charge in [0.2, 0.25) is 0 Å². The van der Waals surface area contributed by atoms with Crippen molar-refractivity contribution in [2.24, 2.45) is 0 Å². The zero-order chi connectivity index (χ0) is 14.1. The Morgan fingerprint density at radius 1 is 1.30 bits per heavy atom. The molecule has 1 heterocycles. The van der Waals surface area contributed by atoms with Gasteiger partial charge >= 0.3 is 6.61 Å². The molecule has 1 saturated heterocycles. The number of hydrogen-bond acceptors (Lipinski definition) is 3. The molecule has 1 saturated carbocycles. The van der Waals surface area contributed by atoms with Crippen molar-refractivity contribution in [3.05, 3.63) is 24.3 Å². The number of hydrogen-bond donors (Lipinski definition) is 1. The van der Waals surface area contributed by atoms with Gasteiger partial charge in [0, 0.05) is 24.7 Å². The van der Waals surface area contributed by atoms with Crippen molar-refractivity contribution >= 4 is 5.69 Å². The first kappa shape index (κ1) is 13.6. The molecule has 0 amide bonds. The Bertz CT molecular complexity index is 465. The molecule has 3 nitrogen and oxygen atoms in total. The Balaban J connectivity index is 1.66. The Labute approximate surface area is 117 Å². The highest BCUT2D eigenvalue weighted by atomic mass is 19.3. The maximum absolute atomic E-state index is 12.4. The third-order valence-electron chi connectivity index (χ3n) is 4.10. The normalized spacial score (nSPS) is 27.0. The summed E-state index contributed by atoms with van der Waals surface area (Å²) in [5, 5.41) is 3.36. The Kier molecular flexibility index (Phi) is 3.78. The number of para-hydroxylation sites is 2. The van der Waals surface area contributed by atoms with Gasteiger partial charge in [-0.05, 0) is 38.3 Å². The average molecular weight is 282 g/mol. The van der Waals surface area contributed by atoms with Gasteiger partial charge < -0.3 is 10.1 Å². The molecule has 1 aliphatic heterocycles. The molecular formula is C15H20F2N2O. The van der Waals surface area contributed by atoms with Crippen molar-refractivity contribution in [3.63, 3.8) is 0 Å². The van der Waals surface area contributed by atoms with Crippen LogP contribution in [0, 0.1) is 0 Å². The molecule has 0 radical (unpaired) electrons. The highest BCUT2D eigenvalue weighted by Gasteiger charge is 2.38. The van der Waals surface area contributed by atoms with Crippen LogP contribution in [0.3, 0.4) is 0 Å². The minimum Gasteiger partial charge on any atom is -0.433 e. The topological polar surface area (TPSA) is 24.5 Å². The molecule has 3 rings (SSSR count). The van der Waals surface area contributed by atoms with Gasteiger partial charge in [0.15, 0.2) is 0 Å². The molecule has 1 aromatic carbocycles. The number of benzene rings is 1. The molecule has 20 heavy (non-hydrogen) atoms. The summed E-state index contributed by atoms with van der Waals surface area (Å²) in [6, 6.07) is 8.50. The van der Waals surface area contributed by atoms with Crippen LogP contribution in [-0.4, -0.2) is 36.2 Å². The van der Waals surface area contributed by atoms with Crippen LogP contribution in [0.5, 0.6) is 5.75 Å². The van der Waals surface area contributed by atoms with Crippen molar-refractivity contribution < 1.29 is 13.5 Å². The molecule has 2 fully saturated rings. The first-order valence-corrected chi connectivity index (χ1v) is 7.19. The molecule has 5 heteroatoms. The molecule has 2 aliphatic rings. The van der Waals surface area contributed by atoms with E-state index in [0.717, 1.165) is 19.0 Å². The summed E-state index contributed by atoms with van der Waals surface area (Å²) in [6.07, 6.45) is 3.63. The maximum atomic E-state index is 12.4. The van der Waals surface area contributed by atoms with Crippen molar-refractivity contribution in [3.8, 4) is 5.75 Å². The lowest BCUT2D eigenvalue weighted by Gasteiger charge is -2.20. The van der Waals surface area contributed by atoms with Gasteiger partial charge in [0.25, 0.3) is 0 Å². The number of ether oxygens (including phenoxy) is 1. The lowest BCUT2D eigenvalue weighted by atomic mass is 10.2. The van der Waals surface area contributed by atoms with Crippen LogP contribution in [0.4, 0.5) is 14.5 Å². The van der Waals surface area contributed by atoms with E-state index in [1.54, 1.807) is 18.2 Å². The zero-order valence-electron chi connectivity index (χ0n) is 11.6. The van der Waals surface area contributed by atoms with Crippen LogP contribution in [0.25, 0.3) is 0 Å². The smallest absolute Gasteiger partial charge is 0.387 e. The molecule has 2 unspecified atom stereocenters. The maximum Gasteiger partial charge on any atom is 0.387 e. The van der Waals surface area contributed by atoms with Gasteiger partial charge in [-0.25, -0.2) is 0 Å². The summed E-state index contributed by atoms with van der Waals surface area (Å²) < 4.78 is 29.3. The molecule has 2 atom stereocenters. The van der Waals surface area contributed by atoms with Gasteiger partial charge in [0.05, 0.1) is 5.69 Å². The van der Waals surface area contributed by atoms with Gasteiger partial charge in [-0.3, -0.25) is 4.90 Å². The Morgan fingerprint density at radius 2 is 2.05 bits per heavy atom. The molecule has 110 valence electrons. The first-order chi connectivity index (χ1) is 9.63. The third kappa shape index (κ3) is 3.03. The number of alkyl halides is 2. The van der Waals surface area contributed by atoms with E-state index in [4.69, 9.17) is 0 Å². The van der Waals surface area contributed by atoms with Crippen LogP contribution in [0.2, 0.25) is 0 Å². The van der Waals surface area contributed by atoms with Crippen LogP contribution >= 0.6 is 0 Å². The van der Waals surface area contributed by atoms with E-state index in [-0.39, 0.29) is 5.75 Å². The van der Waals surface area contributed by atoms with E-state index in [1.807, 2.05) is 6.07 Å². The average Bonchev–Trinajstić information content (AvgIpc) is 3.16. The van der Waals surface area contributed by atoms with Crippen molar-refractivity contribution in [1.82, 2.24) is 4.90 Å². The summed E-state index contributed by atoms with van der Waals surface area (Å²) >= 11 is 0. The number of anilines is 1. The minimum absolute atomic E-state index is 0.222. The minimum atomic E-state index is -2.79. The fourth-order valence-corrected chi connectivity index (χ4v) is 3.08. The monoisotopic (exact) mass is 282 g/mol. The molecule has 0 aromatic heterocycles. The molecule has 1 N–H and O–H groups in total. The van der Waals surface area contributed by atoms with Gasteiger partial charge in [0.1, 0.15) is 5.75 Å². The number of rotatable bonds is 5. The Morgan fingerprint density at radius 3 is 2.75 bits per heavy atom. The zero-order valence-corrected chi connectivity index (χ0v) is 11.6. The van der Waals surface area contributed by atoms with Crippen molar-refractivity contribution in [1.29, 1.82) is 0 Å². The fourth-order valence-electron chi connectivity index (χ4n) is 3.08. The highest BCUT2D eigenvalue weighted by molar-refractivity contribution is 5.57. The standard InChI is InChI=1S/C15H20F2N2O/c1-10-8-11(9-19(10)12-6-7-12)18-13-4-2-3-5-14(13)20-15(16)17/h2-5,10-12,15,18H,6-9H2,1H3. The second-order valence-corrected chi connectivity index (χ2v) is 5.73. The quantitative estimate of drug-likeness (QED) is 0.896. The summed E-state index contributed by atoms with van der Waals surface area (Å²) in [5.41, 5.74) is 0.655. The van der Waals surface area contributed by atoms with E-state index in [1.165, 1.54) is 12.8 Å². The van der Waals surface area contributed by atoms with E-state index >= 15 is 0 Å². The third-order valence-corrected chi connectivity index (χ3v) is 4.10. The largest absolute Gasteiger partial charge is 0.433 e. The van der Waals surface area contributed by atoms with Gasteiger partial charge in [-0.15, -0.1) is 0 Å². The molecule has 0 spiro atoms.